The van der Waals surface area contributed by atoms with E-state index in [2.05, 4.69) is 26.1 Å². The standard InChI is InChI=1S/C18H17BrN4O2S/c1-11-8-15(24)9-12(2)23(11)10-16(25)22(3)18-21-20-17(26-18)13-4-6-14(19)7-5-13/h4-9H,10H2,1-3H3. The number of hydrogen-bond donors (Lipinski definition) is 0. The first-order chi connectivity index (χ1) is 12.3. The van der Waals surface area contributed by atoms with Crippen molar-refractivity contribution in [1.82, 2.24) is 14.8 Å². The molecule has 0 saturated carbocycles. The Morgan fingerprint density at radius 3 is 2.38 bits per heavy atom. The van der Waals surface area contributed by atoms with Crippen LogP contribution in [0.15, 0.2) is 45.7 Å². The van der Waals surface area contributed by atoms with Gasteiger partial charge in [0.05, 0.1) is 0 Å². The number of rotatable bonds is 4. The lowest BCUT2D eigenvalue weighted by atomic mass is 10.2. The third-order valence-electron chi connectivity index (χ3n) is 4.01. The first-order valence-electron chi connectivity index (χ1n) is 7.89. The summed E-state index contributed by atoms with van der Waals surface area (Å²) in [6.45, 7) is 3.78. The predicted molar refractivity (Wildman–Crippen MR) is 107 cm³/mol. The summed E-state index contributed by atoms with van der Waals surface area (Å²) in [5, 5.41) is 9.61. The van der Waals surface area contributed by atoms with Gasteiger partial charge < -0.3 is 4.57 Å². The quantitative estimate of drug-likeness (QED) is 0.633. The fraction of sp³-hybridized carbons (Fsp3) is 0.222. The summed E-state index contributed by atoms with van der Waals surface area (Å²) in [4.78, 5) is 25.7. The molecule has 3 rings (SSSR count). The van der Waals surface area contributed by atoms with Gasteiger partial charge in [-0.2, -0.15) is 0 Å². The lowest BCUT2D eigenvalue weighted by molar-refractivity contribution is -0.118. The van der Waals surface area contributed by atoms with Crippen LogP contribution in [0.4, 0.5) is 5.13 Å². The van der Waals surface area contributed by atoms with Gasteiger partial charge in [0.15, 0.2) is 5.43 Å². The average Bonchev–Trinajstić information content (AvgIpc) is 3.07. The number of benzene rings is 1. The molecule has 0 saturated heterocycles. The number of aryl methyl sites for hydroxylation is 2. The van der Waals surface area contributed by atoms with Gasteiger partial charge in [0.1, 0.15) is 11.6 Å². The maximum absolute atomic E-state index is 12.7. The fourth-order valence-corrected chi connectivity index (χ4v) is 3.64. The zero-order valence-corrected chi connectivity index (χ0v) is 17.0. The van der Waals surface area contributed by atoms with Crippen molar-refractivity contribution >= 4 is 38.3 Å². The van der Waals surface area contributed by atoms with Crippen molar-refractivity contribution in [2.24, 2.45) is 0 Å². The van der Waals surface area contributed by atoms with E-state index in [0.717, 1.165) is 26.4 Å². The molecule has 0 spiro atoms. The molecule has 1 aromatic carbocycles. The molecule has 0 unspecified atom stereocenters. The summed E-state index contributed by atoms with van der Waals surface area (Å²) in [6, 6.07) is 10.8. The highest BCUT2D eigenvalue weighted by atomic mass is 79.9. The highest BCUT2D eigenvalue weighted by molar-refractivity contribution is 9.10. The van der Waals surface area contributed by atoms with E-state index >= 15 is 0 Å². The first-order valence-corrected chi connectivity index (χ1v) is 9.50. The molecule has 0 radical (unpaired) electrons. The van der Waals surface area contributed by atoms with Crippen LogP contribution >= 0.6 is 27.3 Å². The highest BCUT2D eigenvalue weighted by Gasteiger charge is 2.18. The molecule has 26 heavy (non-hydrogen) atoms. The lowest BCUT2D eigenvalue weighted by Gasteiger charge is -2.18. The Morgan fingerprint density at radius 1 is 1.15 bits per heavy atom. The number of carbonyl (C=O) groups excluding carboxylic acids is 1. The van der Waals surface area contributed by atoms with Gasteiger partial charge in [-0.1, -0.05) is 39.4 Å². The van der Waals surface area contributed by atoms with Crippen molar-refractivity contribution in [3.05, 3.63) is 62.5 Å². The topological polar surface area (TPSA) is 68.1 Å². The Labute approximate surface area is 163 Å². The van der Waals surface area contributed by atoms with Gasteiger partial charge in [0, 0.05) is 40.6 Å². The highest BCUT2D eigenvalue weighted by Crippen LogP contribution is 2.29. The SMILES string of the molecule is Cc1cc(=O)cc(C)n1CC(=O)N(C)c1nnc(-c2ccc(Br)cc2)s1. The molecule has 0 aliphatic carbocycles. The second-order valence-electron chi connectivity index (χ2n) is 5.91. The van der Waals surface area contributed by atoms with Crippen molar-refractivity contribution in [2.75, 3.05) is 11.9 Å². The summed E-state index contributed by atoms with van der Waals surface area (Å²) in [7, 11) is 1.68. The maximum Gasteiger partial charge on any atom is 0.248 e. The molecule has 3 aromatic rings. The zero-order chi connectivity index (χ0) is 18.8. The van der Waals surface area contributed by atoms with Crippen molar-refractivity contribution < 1.29 is 4.79 Å². The fourth-order valence-electron chi connectivity index (χ4n) is 2.54. The molecule has 2 aromatic heterocycles. The molecule has 6 nitrogen and oxygen atoms in total. The van der Waals surface area contributed by atoms with Crippen LogP contribution < -0.4 is 10.3 Å². The van der Waals surface area contributed by atoms with Gasteiger partial charge in [-0.05, 0) is 26.0 Å². The van der Waals surface area contributed by atoms with E-state index in [1.54, 1.807) is 7.05 Å². The van der Waals surface area contributed by atoms with Crippen molar-refractivity contribution in [2.45, 2.75) is 20.4 Å². The summed E-state index contributed by atoms with van der Waals surface area (Å²) >= 11 is 4.76. The van der Waals surface area contributed by atoms with E-state index < -0.39 is 0 Å². The van der Waals surface area contributed by atoms with Gasteiger partial charge in [0.2, 0.25) is 11.0 Å². The van der Waals surface area contributed by atoms with E-state index in [1.807, 2.05) is 42.7 Å². The summed E-state index contributed by atoms with van der Waals surface area (Å²) < 4.78 is 2.81. The van der Waals surface area contributed by atoms with Crippen LogP contribution in [-0.2, 0) is 11.3 Å². The summed E-state index contributed by atoms with van der Waals surface area (Å²) in [5.74, 6) is -0.127. The van der Waals surface area contributed by atoms with Gasteiger partial charge in [-0.15, -0.1) is 10.2 Å². The van der Waals surface area contributed by atoms with Crippen LogP contribution in [0.3, 0.4) is 0 Å². The smallest absolute Gasteiger partial charge is 0.248 e. The minimum atomic E-state index is -0.127. The number of nitrogens with zero attached hydrogens (tertiary/aromatic N) is 4. The zero-order valence-electron chi connectivity index (χ0n) is 14.6. The second-order valence-corrected chi connectivity index (χ2v) is 7.78. The van der Waals surface area contributed by atoms with Gasteiger partial charge >= 0.3 is 0 Å². The molecule has 0 aliphatic rings. The Bertz CT molecular complexity index is 985. The summed E-state index contributed by atoms with van der Waals surface area (Å²) in [6.07, 6.45) is 0. The van der Waals surface area contributed by atoms with E-state index in [1.165, 1.54) is 28.4 Å². The number of hydrogen-bond acceptors (Lipinski definition) is 5. The molecular weight excluding hydrogens is 416 g/mol. The third-order valence-corrected chi connectivity index (χ3v) is 5.59. The lowest BCUT2D eigenvalue weighted by Crippen LogP contribution is -2.31. The molecule has 8 heteroatoms. The van der Waals surface area contributed by atoms with Gasteiger partial charge in [-0.3, -0.25) is 14.5 Å². The number of amides is 1. The molecule has 0 atom stereocenters. The van der Waals surface area contributed by atoms with Crippen molar-refractivity contribution in [3.8, 4) is 10.6 Å². The summed E-state index contributed by atoms with van der Waals surface area (Å²) in [5.41, 5.74) is 2.40. The first kappa shape index (κ1) is 18.5. The van der Waals surface area contributed by atoms with Crippen LogP contribution in [0.1, 0.15) is 11.4 Å². The molecule has 1 amide bonds. The Kier molecular flexibility index (Phi) is 5.33. The third kappa shape index (κ3) is 3.91. The van der Waals surface area contributed by atoms with Crippen LogP contribution in [0.25, 0.3) is 10.6 Å². The van der Waals surface area contributed by atoms with Gasteiger partial charge in [0.25, 0.3) is 0 Å². The van der Waals surface area contributed by atoms with Crippen molar-refractivity contribution in [3.63, 3.8) is 0 Å². The average molecular weight is 433 g/mol. The molecule has 0 N–H and O–H groups in total. The van der Waals surface area contributed by atoms with E-state index in [4.69, 9.17) is 0 Å². The maximum atomic E-state index is 12.7. The Hall–Kier alpha value is -2.32. The van der Waals surface area contributed by atoms with E-state index in [0.29, 0.717) is 5.13 Å². The normalized spacial score (nSPS) is 10.8. The Balaban J connectivity index is 1.79. The van der Waals surface area contributed by atoms with E-state index in [9.17, 15) is 9.59 Å². The number of pyridine rings is 1. The molecule has 2 heterocycles. The predicted octanol–water partition coefficient (Wildman–Crippen LogP) is 3.41. The molecule has 134 valence electrons. The monoisotopic (exact) mass is 432 g/mol. The number of halogens is 1. The van der Waals surface area contributed by atoms with Crippen LogP contribution in [-0.4, -0.2) is 27.7 Å². The number of carbonyl (C=O) groups is 1. The minimum Gasteiger partial charge on any atom is -0.340 e. The van der Waals surface area contributed by atoms with Gasteiger partial charge in [-0.25, -0.2) is 0 Å². The molecular formula is C18H17BrN4O2S. The number of aromatic nitrogens is 3. The minimum absolute atomic E-state index is 0.0553. The van der Waals surface area contributed by atoms with Crippen LogP contribution in [0.2, 0.25) is 0 Å². The van der Waals surface area contributed by atoms with Crippen LogP contribution in [0, 0.1) is 13.8 Å². The Morgan fingerprint density at radius 2 is 1.77 bits per heavy atom. The molecule has 0 bridgehead atoms. The van der Waals surface area contributed by atoms with E-state index in [-0.39, 0.29) is 17.9 Å². The van der Waals surface area contributed by atoms with Crippen LogP contribution in [0.5, 0.6) is 0 Å². The molecule has 0 aliphatic heterocycles. The number of anilines is 1. The van der Waals surface area contributed by atoms with Crippen molar-refractivity contribution in [1.29, 1.82) is 0 Å². The second kappa shape index (κ2) is 7.51. The molecule has 0 fully saturated rings. The largest absolute Gasteiger partial charge is 0.340 e. The number of likely N-dealkylation sites (N-methyl/N-ethyl adjacent to an activating group) is 1.